The van der Waals surface area contributed by atoms with E-state index in [1.807, 2.05) is 0 Å². The molecule has 1 aliphatic heterocycles. The molecule has 0 aromatic heterocycles. The third kappa shape index (κ3) is 0.446. The molecule has 8 heavy (non-hydrogen) atoms. The summed E-state index contributed by atoms with van der Waals surface area (Å²) in [7, 11) is 0. The number of hydrogen-bond acceptors (Lipinski definition) is 1. The number of nitrogens with one attached hydrogen (secondary N) is 1. The van der Waals surface area contributed by atoms with Gasteiger partial charge in [-0.2, -0.15) is 0 Å². The zero-order valence-electron chi connectivity index (χ0n) is 5.06. The smallest absolute Gasteiger partial charge is 0.0890 e. The molecule has 46 valence electrons. The lowest BCUT2D eigenvalue weighted by Crippen LogP contribution is -2.71. The minimum atomic E-state index is 0.773. The van der Waals surface area contributed by atoms with Crippen LogP contribution in [0, 0.1) is 11.8 Å². The van der Waals surface area contributed by atoms with Crippen LogP contribution in [0.1, 0.15) is 6.42 Å². The van der Waals surface area contributed by atoms with Gasteiger partial charge in [0.25, 0.3) is 0 Å². The van der Waals surface area contributed by atoms with Gasteiger partial charge in [0.15, 0.2) is 0 Å². The standard InChI is InChI=1S/C6H12N2/c7-6-1-4-2-8-3-5(4)6/h4-6,8H,1-3,7H2/p+1. The van der Waals surface area contributed by atoms with Crippen molar-refractivity contribution in [2.24, 2.45) is 11.8 Å². The Kier molecular flexibility index (Phi) is 0.866. The molecule has 0 radical (unpaired) electrons. The summed E-state index contributed by atoms with van der Waals surface area (Å²) in [6, 6.07) is 0.773. The van der Waals surface area contributed by atoms with Gasteiger partial charge < -0.3 is 11.1 Å². The van der Waals surface area contributed by atoms with E-state index in [-0.39, 0.29) is 0 Å². The Morgan fingerprint density at radius 1 is 1.38 bits per heavy atom. The molecule has 1 heterocycles. The number of hydrogen-bond donors (Lipinski definition) is 2. The zero-order chi connectivity index (χ0) is 5.56. The van der Waals surface area contributed by atoms with Crippen molar-refractivity contribution in [2.75, 3.05) is 13.1 Å². The van der Waals surface area contributed by atoms with Crippen molar-refractivity contribution < 1.29 is 5.73 Å². The Morgan fingerprint density at radius 3 is 2.75 bits per heavy atom. The highest BCUT2D eigenvalue weighted by atomic mass is 15.0. The fraction of sp³-hybridized carbons (Fsp3) is 1.00. The summed E-state index contributed by atoms with van der Waals surface area (Å²) < 4.78 is 0. The predicted octanol–water partition coefficient (Wildman–Crippen LogP) is -1.16. The highest BCUT2D eigenvalue weighted by Crippen LogP contribution is 2.34. The van der Waals surface area contributed by atoms with Crippen molar-refractivity contribution in [3.63, 3.8) is 0 Å². The molecule has 2 aliphatic rings. The van der Waals surface area contributed by atoms with Gasteiger partial charge in [0.1, 0.15) is 0 Å². The average molecular weight is 113 g/mol. The van der Waals surface area contributed by atoms with Crippen LogP contribution in [-0.4, -0.2) is 19.1 Å². The maximum atomic E-state index is 4.05. The Morgan fingerprint density at radius 2 is 2.25 bits per heavy atom. The van der Waals surface area contributed by atoms with Crippen molar-refractivity contribution >= 4 is 0 Å². The second kappa shape index (κ2) is 1.45. The van der Waals surface area contributed by atoms with E-state index >= 15 is 0 Å². The molecule has 0 aromatic rings. The molecule has 0 amide bonds. The molecule has 2 nitrogen and oxygen atoms in total. The first-order valence-corrected chi connectivity index (χ1v) is 3.42. The summed E-state index contributed by atoms with van der Waals surface area (Å²) in [5, 5.41) is 3.37. The molecular weight excluding hydrogens is 100 g/mol. The van der Waals surface area contributed by atoms with Crippen molar-refractivity contribution in [3.05, 3.63) is 0 Å². The molecule has 3 atom stereocenters. The van der Waals surface area contributed by atoms with Gasteiger partial charge in [-0.1, -0.05) is 0 Å². The largest absolute Gasteiger partial charge is 0.355 e. The summed E-state index contributed by atoms with van der Waals surface area (Å²) in [6.45, 7) is 2.50. The van der Waals surface area contributed by atoms with E-state index in [4.69, 9.17) is 0 Å². The molecule has 2 fully saturated rings. The van der Waals surface area contributed by atoms with Crippen LogP contribution < -0.4 is 11.1 Å². The molecule has 0 bridgehead atoms. The van der Waals surface area contributed by atoms with Gasteiger partial charge in [-0.25, -0.2) is 0 Å². The molecule has 2 heteroatoms. The Bertz CT molecular complexity index is 103. The molecule has 4 N–H and O–H groups in total. The molecule has 2 rings (SSSR count). The fourth-order valence-corrected chi connectivity index (χ4v) is 1.93. The predicted molar refractivity (Wildman–Crippen MR) is 31.1 cm³/mol. The average Bonchev–Trinajstić information content (AvgIpc) is 2.09. The molecule has 0 aromatic carbocycles. The van der Waals surface area contributed by atoms with E-state index in [0.29, 0.717) is 0 Å². The third-order valence-corrected chi connectivity index (χ3v) is 2.60. The highest BCUT2D eigenvalue weighted by molar-refractivity contribution is 4.95. The van der Waals surface area contributed by atoms with Crippen LogP contribution >= 0.6 is 0 Å². The van der Waals surface area contributed by atoms with Gasteiger partial charge in [0.2, 0.25) is 0 Å². The van der Waals surface area contributed by atoms with Gasteiger partial charge in [0.05, 0.1) is 6.04 Å². The summed E-state index contributed by atoms with van der Waals surface area (Å²) >= 11 is 0. The van der Waals surface area contributed by atoms with Crippen molar-refractivity contribution in [1.29, 1.82) is 0 Å². The summed E-state index contributed by atoms with van der Waals surface area (Å²) in [5.74, 6) is 1.94. The van der Waals surface area contributed by atoms with E-state index in [1.165, 1.54) is 19.5 Å². The van der Waals surface area contributed by atoms with E-state index < -0.39 is 0 Å². The topological polar surface area (TPSA) is 39.7 Å². The van der Waals surface area contributed by atoms with Crippen LogP contribution in [-0.2, 0) is 0 Å². The molecule has 3 unspecified atom stereocenters. The van der Waals surface area contributed by atoms with E-state index in [0.717, 1.165) is 17.9 Å². The maximum absolute atomic E-state index is 4.05. The molecular formula is C6H13N2+. The van der Waals surface area contributed by atoms with Gasteiger partial charge in [-0.05, 0) is 12.5 Å². The Hall–Kier alpha value is -0.0800. The van der Waals surface area contributed by atoms with Crippen LogP contribution in [0.2, 0.25) is 0 Å². The minimum absolute atomic E-state index is 0.773. The number of fused-ring (bicyclic) bond motifs is 1. The lowest BCUT2D eigenvalue weighted by atomic mass is 9.72. The first-order chi connectivity index (χ1) is 3.88. The first-order valence-electron chi connectivity index (χ1n) is 3.42. The lowest BCUT2D eigenvalue weighted by Gasteiger charge is -2.33. The van der Waals surface area contributed by atoms with Gasteiger partial charge >= 0.3 is 0 Å². The van der Waals surface area contributed by atoms with Gasteiger partial charge in [-0.15, -0.1) is 0 Å². The quantitative estimate of drug-likeness (QED) is 0.408. The van der Waals surface area contributed by atoms with Crippen LogP contribution in [0.15, 0.2) is 0 Å². The SMILES string of the molecule is [NH3+]C1CC2CNCC12. The molecule has 1 saturated carbocycles. The van der Waals surface area contributed by atoms with Crippen molar-refractivity contribution in [1.82, 2.24) is 5.32 Å². The Balaban J connectivity index is 2.02. The third-order valence-electron chi connectivity index (χ3n) is 2.60. The van der Waals surface area contributed by atoms with Crippen LogP contribution in [0.4, 0.5) is 0 Å². The number of quaternary nitrogens is 1. The molecule has 1 aliphatic carbocycles. The normalized spacial score (nSPS) is 52.9. The van der Waals surface area contributed by atoms with Crippen LogP contribution in [0.5, 0.6) is 0 Å². The first kappa shape index (κ1) is 4.77. The minimum Gasteiger partial charge on any atom is -0.355 e. The van der Waals surface area contributed by atoms with Crippen molar-refractivity contribution in [3.8, 4) is 0 Å². The van der Waals surface area contributed by atoms with E-state index in [9.17, 15) is 0 Å². The van der Waals surface area contributed by atoms with Gasteiger partial charge in [-0.3, -0.25) is 0 Å². The zero-order valence-corrected chi connectivity index (χ0v) is 5.06. The van der Waals surface area contributed by atoms with E-state index in [2.05, 4.69) is 11.1 Å². The second-order valence-electron chi connectivity index (χ2n) is 3.08. The highest BCUT2D eigenvalue weighted by Gasteiger charge is 2.44. The number of rotatable bonds is 0. The molecule has 1 saturated heterocycles. The van der Waals surface area contributed by atoms with Gasteiger partial charge in [0, 0.05) is 18.9 Å². The van der Waals surface area contributed by atoms with Crippen LogP contribution in [0.3, 0.4) is 0 Å². The summed E-state index contributed by atoms with van der Waals surface area (Å²) in [4.78, 5) is 0. The Labute approximate surface area is 49.4 Å². The monoisotopic (exact) mass is 113 g/mol. The second-order valence-corrected chi connectivity index (χ2v) is 3.08. The van der Waals surface area contributed by atoms with E-state index in [1.54, 1.807) is 0 Å². The maximum Gasteiger partial charge on any atom is 0.0890 e. The summed E-state index contributed by atoms with van der Waals surface area (Å²) in [6.07, 6.45) is 1.37. The lowest BCUT2D eigenvalue weighted by molar-refractivity contribution is -0.458. The fourth-order valence-electron chi connectivity index (χ4n) is 1.93. The molecule has 0 spiro atoms. The summed E-state index contributed by atoms with van der Waals surface area (Å²) in [5.41, 5.74) is 4.05. The van der Waals surface area contributed by atoms with Crippen molar-refractivity contribution in [2.45, 2.75) is 12.5 Å². The van der Waals surface area contributed by atoms with Crippen LogP contribution in [0.25, 0.3) is 0 Å².